The minimum atomic E-state index is 0.609. The van der Waals surface area contributed by atoms with Crippen LogP contribution in [0.25, 0.3) is 22.3 Å². The SMILES string of the molecule is Cc1cc(-c2ccc3nc[nH]c3c2)nc(Br)n1. The van der Waals surface area contributed by atoms with E-state index in [9.17, 15) is 0 Å². The van der Waals surface area contributed by atoms with E-state index in [1.54, 1.807) is 6.33 Å². The van der Waals surface area contributed by atoms with E-state index in [0.717, 1.165) is 28.0 Å². The van der Waals surface area contributed by atoms with E-state index < -0.39 is 0 Å². The monoisotopic (exact) mass is 288 g/mol. The average molecular weight is 289 g/mol. The lowest BCUT2D eigenvalue weighted by Gasteiger charge is -2.02. The third-order valence-electron chi connectivity index (χ3n) is 2.54. The Balaban J connectivity index is 2.19. The van der Waals surface area contributed by atoms with E-state index >= 15 is 0 Å². The predicted octanol–water partition coefficient (Wildman–Crippen LogP) is 3.09. The van der Waals surface area contributed by atoms with Gasteiger partial charge in [0, 0.05) is 11.3 Å². The molecule has 0 bridgehead atoms. The van der Waals surface area contributed by atoms with Crippen molar-refractivity contribution >= 4 is 27.0 Å². The van der Waals surface area contributed by atoms with Gasteiger partial charge in [-0.15, -0.1) is 0 Å². The Labute approximate surface area is 106 Å². The first kappa shape index (κ1) is 10.4. The Morgan fingerprint density at radius 1 is 1.18 bits per heavy atom. The number of imidazole rings is 1. The molecule has 5 heteroatoms. The maximum absolute atomic E-state index is 4.37. The van der Waals surface area contributed by atoms with Gasteiger partial charge in [0.05, 0.1) is 23.1 Å². The number of nitrogens with one attached hydrogen (secondary N) is 1. The zero-order valence-electron chi connectivity index (χ0n) is 9.11. The maximum Gasteiger partial charge on any atom is 0.197 e. The number of H-pyrrole nitrogens is 1. The Morgan fingerprint density at radius 2 is 2.06 bits per heavy atom. The Bertz CT molecular complexity index is 670. The van der Waals surface area contributed by atoms with Crippen molar-refractivity contribution in [2.75, 3.05) is 0 Å². The van der Waals surface area contributed by atoms with E-state index in [2.05, 4.69) is 35.9 Å². The van der Waals surface area contributed by atoms with E-state index in [4.69, 9.17) is 0 Å². The number of aromatic amines is 1. The molecule has 0 fully saturated rings. The van der Waals surface area contributed by atoms with Gasteiger partial charge in [0.15, 0.2) is 4.73 Å². The van der Waals surface area contributed by atoms with Gasteiger partial charge in [0.2, 0.25) is 0 Å². The molecule has 0 atom stereocenters. The fourth-order valence-corrected chi connectivity index (χ4v) is 2.25. The number of halogens is 1. The highest BCUT2D eigenvalue weighted by atomic mass is 79.9. The first-order chi connectivity index (χ1) is 8.22. The molecule has 2 heterocycles. The molecule has 0 saturated carbocycles. The molecule has 2 aromatic heterocycles. The van der Waals surface area contributed by atoms with Gasteiger partial charge in [-0.3, -0.25) is 0 Å². The summed E-state index contributed by atoms with van der Waals surface area (Å²) in [6.07, 6.45) is 1.69. The lowest BCUT2D eigenvalue weighted by Crippen LogP contribution is -1.90. The van der Waals surface area contributed by atoms with Gasteiger partial charge in [-0.2, -0.15) is 0 Å². The van der Waals surface area contributed by atoms with Crippen molar-refractivity contribution in [3.63, 3.8) is 0 Å². The zero-order valence-corrected chi connectivity index (χ0v) is 10.7. The number of hydrogen-bond donors (Lipinski definition) is 1. The number of aromatic nitrogens is 4. The van der Waals surface area contributed by atoms with Crippen LogP contribution in [0.4, 0.5) is 0 Å². The number of benzene rings is 1. The fraction of sp³-hybridized carbons (Fsp3) is 0.0833. The minimum absolute atomic E-state index is 0.609. The first-order valence-corrected chi connectivity index (χ1v) is 5.96. The molecule has 1 aromatic carbocycles. The summed E-state index contributed by atoms with van der Waals surface area (Å²) in [6, 6.07) is 7.99. The maximum atomic E-state index is 4.37. The van der Waals surface area contributed by atoms with Gasteiger partial charge < -0.3 is 4.98 Å². The molecule has 4 nitrogen and oxygen atoms in total. The van der Waals surface area contributed by atoms with Crippen LogP contribution in [-0.2, 0) is 0 Å². The highest BCUT2D eigenvalue weighted by Crippen LogP contribution is 2.22. The second-order valence-electron chi connectivity index (χ2n) is 3.80. The molecule has 0 spiro atoms. The summed E-state index contributed by atoms with van der Waals surface area (Å²) in [4.78, 5) is 15.8. The molecular weight excluding hydrogens is 280 g/mol. The van der Waals surface area contributed by atoms with Gasteiger partial charge in [-0.1, -0.05) is 6.07 Å². The normalized spacial score (nSPS) is 10.9. The van der Waals surface area contributed by atoms with Crippen LogP contribution in [0.3, 0.4) is 0 Å². The quantitative estimate of drug-likeness (QED) is 0.700. The van der Waals surface area contributed by atoms with Crippen molar-refractivity contribution in [1.29, 1.82) is 0 Å². The molecule has 0 aliphatic rings. The second-order valence-corrected chi connectivity index (χ2v) is 4.51. The van der Waals surface area contributed by atoms with Crippen LogP contribution in [0.15, 0.2) is 35.3 Å². The van der Waals surface area contributed by atoms with Gasteiger partial charge in [-0.25, -0.2) is 15.0 Å². The number of hydrogen-bond acceptors (Lipinski definition) is 3. The summed E-state index contributed by atoms with van der Waals surface area (Å²) in [7, 11) is 0. The largest absolute Gasteiger partial charge is 0.345 e. The van der Waals surface area contributed by atoms with E-state index in [1.165, 1.54) is 0 Å². The molecule has 3 rings (SSSR count). The summed E-state index contributed by atoms with van der Waals surface area (Å²) < 4.78 is 0.609. The van der Waals surface area contributed by atoms with Crippen molar-refractivity contribution in [2.45, 2.75) is 6.92 Å². The molecule has 0 radical (unpaired) electrons. The van der Waals surface area contributed by atoms with Crippen LogP contribution < -0.4 is 0 Å². The van der Waals surface area contributed by atoms with Crippen LogP contribution in [0, 0.1) is 6.92 Å². The highest BCUT2D eigenvalue weighted by Gasteiger charge is 2.04. The molecule has 0 amide bonds. The Hall–Kier alpha value is -1.75. The molecule has 0 saturated heterocycles. The lowest BCUT2D eigenvalue weighted by atomic mass is 10.1. The Kier molecular flexibility index (Phi) is 2.40. The van der Waals surface area contributed by atoms with Crippen LogP contribution in [0.1, 0.15) is 5.69 Å². The van der Waals surface area contributed by atoms with Gasteiger partial charge in [0.1, 0.15) is 0 Å². The number of aryl methyl sites for hydroxylation is 1. The summed E-state index contributed by atoms with van der Waals surface area (Å²) in [5.41, 5.74) is 4.86. The lowest BCUT2D eigenvalue weighted by molar-refractivity contribution is 1.06. The van der Waals surface area contributed by atoms with Gasteiger partial charge >= 0.3 is 0 Å². The fourth-order valence-electron chi connectivity index (χ4n) is 1.78. The molecule has 0 aliphatic heterocycles. The molecule has 0 aliphatic carbocycles. The molecule has 3 aromatic rings. The van der Waals surface area contributed by atoms with Crippen LogP contribution >= 0.6 is 15.9 Å². The highest BCUT2D eigenvalue weighted by molar-refractivity contribution is 9.10. The second kappa shape index (κ2) is 3.92. The van der Waals surface area contributed by atoms with E-state index in [1.807, 2.05) is 31.2 Å². The number of rotatable bonds is 1. The Morgan fingerprint density at radius 3 is 2.88 bits per heavy atom. The smallest absolute Gasteiger partial charge is 0.197 e. The summed E-state index contributed by atoms with van der Waals surface area (Å²) in [5, 5.41) is 0. The number of fused-ring (bicyclic) bond motifs is 1. The van der Waals surface area contributed by atoms with Crippen molar-refractivity contribution in [3.05, 3.63) is 41.0 Å². The molecule has 84 valence electrons. The summed E-state index contributed by atoms with van der Waals surface area (Å²) >= 11 is 3.31. The average Bonchev–Trinajstić information content (AvgIpc) is 2.74. The van der Waals surface area contributed by atoms with Crippen LogP contribution in [0.2, 0.25) is 0 Å². The first-order valence-electron chi connectivity index (χ1n) is 5.17. The topological polar surface area (TPSA) is 54.5 Å². The van der Waals surface area contributed by atoms with E-state index in [-0.39, 0.29) is 0 Å². The summed E-state index contributed by atoms with van der Waals surface area (Å²) in [5.74, 6) is 0. The van der Waals surface area contributed by atoms with Gasteiger partial charge in [-0.05, 0) is 41.1 Å². The third kappa shape index (κ3) is 1.93. The van der Waals surface area contributed by atoms with Crippen molar-refractivity contribution in [1.82, 2.24) is 19.9 Å². The number of nitrogens with zero attached hydrogens (tertiary/aromatic N) is 3. The molecular formula is C12H9BrN4. The van der Waals surface area contributed by atoms with Crippen molar-refractivity contribution in [3.8, 4) is 11.3 Å². The van der Waals surface area contributed by atoms with Crippen molar-refractivity contribution in [2.24, 2.45) is 0 Å². The standard InChI is InChI=1S/C12H9BrN4/c1-7-4-10(17-12(13)16-7)8-2-3-9-11(5-8)15-6-14-9/h2-6H,1H3,(H,14,15). The van der Waals surface area contributed by atoms with Crippen LogP contribution in [0.5, 0.6) is 0 Å². The minimum Gasteiger partial charge on any atom is -0.345 e. The van der Waals surface area contributed by atoms with Gasteiger partial charge in [0.25, 0.3) is 0 Å². The van der Waals surface area contributed by atoms with Crippen molar-refractivity contribution < 1.29 is 0 Å². The van der Waals surface area contributed by atoms with E-state index in [0.29, 0.717) is 4.73 Å². The molecule has 17 heavy (non-hydrogen) atoms. The third-order valence-corrected chi connectivity index (χ3v) is 2.90. The summed E-state index contributed by atoms with van der Waals surface area (Å²) in [6.45, 7) is 1.95. The molecule has 1 N–H and O–H groups in total. The molecule has 0 unspecified atom stereocenters. The predicted molar refractivity (Wildman–Crippen MR) is 69.6 cm³/mol. The zero-order chi connectivity index (χ0) is 11.8. The van der Waals surface area contributed by atoms with Crippen LogP contribution in [-0.4, -0.2) is 19.9 Å².